The number of nitrogens with zero attached hydrogens (tertiary/aromatic N) is 3. The number of amides is 2. The molecule has 4 atom stereocenters. The van der Waals surface area contributed by atoms with E-state index in [9.17, 15) is 19.2 Å². The predicted octanol–water partition coefficient (Wildman–Crippen LogP) is 0.00190. The second-order valence-electron chi connectivity index (χ2n) is 6.20. The predicted molar refractivity (Wildman–Crippen MR) is 94.2 cm³/mol. The maximum atomic E-state index is 11.7. The first-order chi connectivity index (χ1) is 13.8. The number of rotatable bonds is 5. The number of ether oxygens (including phenoxy) is 4. The van der Waals surface area contributed by atoms with E-state index in [1.165, 1.54) is 31.7 Å². The van der Waals surface area contributed by atoms with Crippen molar-refractivity contribution >= 4 is 41.9 Å². The average molecular weight is 409 g/mol. The van der Waals surface area contributed by atoms with Crippen LogP contribution < -0.4 is 10.6 Å². The number of esters is 3. The molecule has 29 heavy (non-hydrogen) atoms. The van der Waals surface area contributed by atoms with Crippen molar-refractivity contribution in [1.29, 1.82) is 0 Å². The van der Waals surface area contributed by atoms with Gasteiger partial charge in [0, 0.05) is 20.8 Å². The monoisotopic (exact) mass is 409 g/mol. The van der Waals surface area contributed by atoms with Gasteiger partial charge in [-0.1, -0.05) is 0 Å². The van der Waals surface area contributed by atoms with Crippen LogP contribution in [0.5, 0.6) is 0 Å². The number of hydrogen-bond donors (Lipinski definition) is 2. The molecule has 2 aliphatic rings. The molecule has 0 saturated carbocycles. The van der Waals surface area contributed by atoms with Crippen LogP contribution in [-0.2, 0) is 33.3 Å². The lowest BCUT2D eigenvalue weighted by Crippen LogP contribution is -2.40. The lowest BCUT2D eigenvalue weighted by molar-refractivity contribution is -0.166. The first-order valence-electron chi connectivity index (χ1n) is 8.56. The molecule has 3 heterocycles. The summed E-state index contributed by atoms with van der Waals surface area (Å²) >= 11 is 0. The van der Waals surface area contributed by atoms with Crippen molar-refractivity contribution in [2.75, 3.05) is 11.9 Å². The highest BCUT2D eigenvalue weighted by atomic mass is 16.7. The summed E-state index contributed by atoms with van der Waals surface area (Å²) in [5.41, 5.74) is 0. The van der Waals surface area contributed by atoms with E-state index in [1.54, 1.807) is 0 Å². The largest absolute Gasteiger partial charge is 0.463 e. The highest BCUT2D eigenvalue weighted by Crippen LogP contribution is 2.38. The van der Waals surface area contributed by atoms with E-state index < -0.39 is 48.5 Å². The van der Waals surface area contributed by atoms with E-state index >= 15 is 0 Å². The molecule has 0 spiro atoms. The van der Waals surface area contributed by atoms with E-state index in [-0.39, 0.29) is 18.2 Å². The number of hydrogen-bond acceptors (Lipinski definition) is 10. The third kappa shape index (κ3) is 4.51. The first kappa shape index (κ1) is 20.3. The summed E-state index contributed by atoms with van der Waals surface area (Å²) in [5, 5.41) is 4.86. The molecule has 2 N–H and O–H groups in total. The van der Waals surface area contributed by atoms with Gasteiger partial charge in [-0.15, -0.1) is 0 Å². The van der Waals surface area contributed by atoms with Crippen molar-refractivity contribution in [3.05, 3.63) is 6.33 Å². The molecule has 1 aromatic rings. The molecular formula is C16H19N5O8. The Kier molecular flexibility index (Phi) is 5.77. The number of carbonyl (C=O) groups excluding carboxylic acids is 4. The molecule has 13 heteroatoms. The minimum atomic E-state index is -1.09. The third-order valence-electron chi connectivity index (χ3n) is 4.00. The summed E-state index contributed by atoms with van der Waals surface area (Å²) in [6, 6.07) is -0.535. The van der Waals surface area contributed by atoms with Crippen LogP contribution in [0, 0.1) is 0 Å². The Bertz CT molecular complexity index is 865. The number of nitrogens with one attached hydrogen (secondary N) is 2. The smallest absolute Gasteiger partial charge is 0.325 e. The van der Waals surface area contributed by atoms with E-state index in [1.807, 2.05) is 0 Å². The van der Waals surface area contributed by atoms with E-state index in [0.29, 0.717) is 0 Å². The Morgan fingerprint density at radius 1 is 1.14 bits per heavy atom. The van der Waals surface area contributed by atoms with E-state index in [4.69, 9.17) is 18.9 Å². The molecule has 0 aromatic carbocycles. The van der Waals surface area contributed by atoms with Gasteiger partial charge in [-0.3, -0.25) is 29.6 Å². The number of fused-ring (bicyclic) bond motifs is 1. The highest BCUT2D eigenvalue weighted by Gasteiger charge is 2.51. The zero-order valence-electron chi connectivity index (χ0n) is 15.8. The summed E-state index contributed by atoms with van der Waals surface area (Å²) in [4.78, 5) is 54.3. The van der Waals surface area contributed by atoms with Gasteiger partial charge in [0.1, 0.15) is 19.0 Å². The maximum absolute atomic E-state index is 11.7. The van der Waals surface area contributed by atoms with Gasteiger partial charge in [0.15, 0.2) is 30.1 Å². The lowest BCUT2D eigenvalue weighted by Gasteiger charge is -2.24. The standard InChI is InChI=1S/C16H19N5O8/c1-7(22)26-4-10-11(27-8(2)23)12(28-9(3)24)15(29-10)21-6-19-13-14(21)17-5-18-16(25)20-13/h5-6,10-12,15H,4H2,1-3H3,(H2,17,18,20,25)/t10-,11-,12-,15-/m1/s1. The van der Waals surface area contributed by atoms with Gasteiger partial charge < -0.3 is 18.9 Å². The van der Waals surface area contributed by atoms with Gasteiger partial charge in [0.05, 0.1) is 6.34 Å². The summed E-state index contributed by atoms with van der Waals surface area (Å²) in [7, 11) is 0. The quantitative estimate of drug-likeness (QED) is 0.504. The average Bonchev–Trinajstić information content (AvgIpc) is 3.08. The Labute approximate surface area is 164 Å². The van der Waals surface area contributed by atoms with Gasteiger partial charge in [-0.05, 0) is 0 Å². The molecule has 1 fully saturated rings. The van der Waals surface area contributed by atoms with Crippen molar-refractivity contribution in [3.8, 4) is 0 Å². The zero-order chi connectivity index (χ0) is 21.1. The van der Waals surface area contributed by atoms with Crippen LogP contribution in [-0.4, -0.2) is 64.7 Å². The lowest BCUT2D eigenvalue weighted by atomic mass is 10.1. The van der Waals surface area contributed by atoms with Crippen LogP contribution in [0.15, 0.2) is 11.3 Å². The first-order valence-corrected chi connectivity index (χ1v) is 8.56. The van der Waals surface area contributed by atoms with Gasteiger partial charge in [0.2, 0.25) is 0 Å². The van der Waals surface area contributed by atoms with Crippen LogP contribution in [0.3, 0.4) is 0 Å². The Balaban J connectivity index is 1.97. The summed E-state index contributed by atoms with van der Waals surface area (Å²) < 4.78 is 23.0. The SMILES string of the molecule is CC(=O)OC[C@H]1O[C@@H](n2cnc3c2N=CNC(=O)N3)[C@H](OC(C)=O)[C@@H]1OC(C)=O. The molecule has 2 aliphatic heterocycles. The molecule has 0 radical (unpaired) electrons. The molecule has 0 bridgehead atoms. The number of aliphatic imine (C=N–C) groups is 1. The number of aromatic nitrogens is 2. The summed E-state index contributed by atoms with van der Waals surface area (Å²) in [6.45, 7) is 3.37. The van der Waals surface area contributed by atoms with Crippen molar-refractivity contribution in [1.82, 2.24) is 14.9 Å². The maximum Gasteiger partial charge on any atom is 0.325 e. The van der Waals surface area contributed by atoms with Crippen LogP contribution in [0.25, 0.3) is 0 Å². The van der Waals surface area contributed by atoms with Crippen molar-refractivity contribution in [2.45, 2.75) is 45.3 Å². The van der Waals surface area contributed by atoms with Crippen LogP contribution in [0.1, 0.15) is 27.0 Å². The molecule has 1 aromatic heterocycles. The Hall–Kier alpha value is -3.48. The molecule has 0 aliphatic carbocycles. The summed E-state index contributed by atoms with van der Waals surface area (Å²) in [6.07, 6.45) is -1.59. The van der Waals surface area contributed by atoms with Crippen molar-refractivity contribution in [3.63, 3.8) is 0 Å². The molecule has 0 unspecified atom stereocenters. The molecule has 1 saturated heterocycles. The van der Waals surface area contributed by atoms with E-state index in [2.05, 4.69) is 20.6 Å². The normalized spacial score (nSPS) is 25.3. The van der Waals surface area contributed by atoms with Crippen LogP contribution in [0.4, 0.5) is 16.4 Å². The van der Waals surface area contributed by atoms with E-state index in [0.717, 1.165) is 6.34 Å². The second kappa shape index (κ2) is 8.26. The number of urea groups is 1. The fourth-order valence-corrected chi connectivity index (χ4v) is 2.97. The fraction of sp³-hybridized carbons (Fsp3) is 0.500. The molecular weight excluding hydrogens is 390 g/mol. The van der Waals surface area contributed by atoms with Gasteiger partial charge >= 0.3 is 23.9 Å². The van der Waals surface area contributed by atoms with Crippen molar-refractivity contribution < 1.29 is 38.1 Å². The summed E-state index contributed by atoms with van der Waals surface area (Å²) in [5.74, 6) is -1.48. The van der Waals surface area contributed by atoms with Crippen molar-refractivity contribution in [2.24, 2.45) is 4.99 Å². The highest BCUT2D eigenvalue weighted by molar-refractivity contribution is 5.99. The van der Waals surface area contributed by atoms with Gasteiger partial charge in [-0.25, -0.2) is 14.8 Å². The molecule has 2 amide bonds. The van der Waals surface area contributed by atoms with Crippen LogP contribution in [0.2, 0.25) is 0 Å². The second-order valence-corrected chi connectivity index (χ2v) is 6.20. The fourth-order valence-electron chi connectivity index (χ4n) is 2.97. The Morgan fingerprint density at radius 2 is 1.83 bits per heavy atom. The number of carbonyl (C=O) groups is 4. The van der Waals surface area contributed by atoms with Crippen LogP contribution >= 0.6 is 0 Å². The molecule has 156 valence electrons. The molecule has 3 rings (SSSR count). The molecule has 13 nitrogen and oxygen atoms in total. The zero-order valence-corrected chi connectivity index (χ0v) is 15.8. The number of anilines is 1. The minimum absolute atomic E-state index is 0.147. The third-order valence-corrected chi connectivity index (χ3v) is 4.00. The van der Waals surface area contributed by atoms with Gasteiger partial charge in [0.25, 0.3) is 0 Å². The topological polar surface area (TPSA) is 159 Å². The minimum Gasteiger partial charge on any atom is -0.463 e. The van der Waals surface area contributed by atoms with Gasteiger partial charge in [-0.2, -0.15) is 0 Å². The number of imidazole rings is 1. The Morgan fingerprint density at radius 3 is 2.48 bits per heavy atom.